The van der Waals surface area contributed by atoms with Crippen molar-refractivity contribution < 1.29 is 9.53 Å². The Labute approximate surface area is 109 Å². The Morgan fingerprint density at radius 1 is 1.33 bits per heavy atom. The van der Waals surface area contributed by atoms with Gasteiger partial charge in [-0.05, 0) is 5.56 Å². The van der Waals surface area contributed by atoms with Gasteiger partial charge in [0.1, 0.15) is 11.6 Å². The van der Waals surface area contributed by atoms with Gasteiger partial charge in [-0.1, -0.05) is 41.7 Å². The Kier molecular flexibility index (Phi) is 4.38. The van der Waals surface area contributed by atoms with Crippen LogP contribution in [0.25, 0.3) is 0 Å². The van der Waals surface area contributed by atoms with E-state index in [9.17, 15) is 4.79 Å². The second-order valence-corrected chi connectivity index (χ2v) is 4.71. The number of nitrogens with zero attached hydrogens (tertiary/aromatic N) is 2. The summed E-state index contributed by atoms with van der Waals surface area (Å²) in [6.07, 6.45) is 0.333. The fourth-order valence-electron chi connectivity index (χ4n) is 1.43. The molecule has 0 saturated heterocycles. The first-order chi connectivity index (χ1) is 8.78. The highest BCUT2D eigenvalue weighted by Crippen LogP contribution is 2.16. The summed E-state index contributed by atoms with van der Waals surface area (Å²) in [5.74, 6) is -0.0960. The summed E-state index contributed by atoms with van der Waals surface area (Å²) in [6, 6.07) is 9.56. The molecule has 0 bridgehead atoms. The SMILES string of the molecule is COCc1nnc(NC(=O)Cc2ccccc2)s1. The van der Waals surface area contributed by atoms with E-state index < -0.39 is 0 Å². The standard InChI is InChI=1S/C12H13N3O2S/c1-17-8-11-14-15-12(18-11)13-10(16)7-9-5-3-2-4-6-9/h2-6H,7-8H2,1H3,(H,13,15,16). The molecule has 5 nitrogen and oxygen atoms in total. The molecule has 6 heteroatoms. The highest BCUT2D eigenvalue weighted by atomic mass is 32.1. The molecule has 0 aliphatic heterocycles. The molecule has 1 aromatic carbocycles. The highest BCUT2D eigenvalue weighted by Gasteiger charge is 2.08. The van der Waals surface area contributed by atoms with Crippen LogP contribution >= 0.6 is 11.3 Å². The van der Waals surface area contributed by atoms with Crippen LogP contribution in [-0.4, -0.2) is 23.2 Å². The molecule has 1 heterocycles. The van der Waals surface area contributed by atoms with E-state index >= 15 is 0 Å². The number of ether oxygens (including phenoxy) is 1. The van der Waals surface area contributed by atoms with E-state index in [4.69, 9.17) is 4.74 Å². The Morgan fingerprint density at radius 2 is 2.11 bits per heavy atom. The van der Waals surface area contributed by atoms with Crippen LogP contribution in [0.2, 0.25) is 0 Å². The average Bonchev–Trinajstić information content (AvgIpc) is 2.78. The first-order valence-corrected chi connectivity index (χ1v) is 6.24. The van der Waals surface area contributed by atoms with Crippen molar-refractivity contribution in [1.82, 2.24) is 10.2 Å². The zero-order chi connectivity index (χ0) is 12.8. The van der Waals surface area contributed by atoms with E-state index in [0.29, 0.717) is 18.2 Å². The van der Waals surface area contributed by atoms with Crippen LogP contribution < -0.4 is 5.32 Å². The molecule has 1 N–H and O–H groups in total. The molecule has 0 fully saturated rings. The fraction of sp³-hybridized carbons (Fsp3) is 0.250. The van der Waals surface area contributed by atoms with Crippen LogP contribution in [-0.2, 0) is 22.6 Å². The minimum absolute atomic E-state index is 0.0960. The molecule has 0 atom stereocenters. The molecule has 1 amide bonds. The number of hydrogen-bond donors (Lipinski definition) is 1. The number of benzene rings is 1. The summed E-state index contributed by atoms with van der Waals surface area (Å²) >= 11 is 1.32. The first kappa shape index (κ1) is 12.7. The Hall–Kier alpha value is -1.79. The largest absolute Gasteiger partial charge is 0.377 e. The van der Waals surface area contributed by atoms with E-state index in [2.05, 4.69) is 15.5 Å². The fourth-order valence-corrected chi connectivity index (χ4v) is 2.16. The molecule has 1 aromatic heterocycles. The number of hydrogen-bond acceptors (Lipinski definition) is 5. The highest BCUT2D eigenvalue weighted by molar-refractivity contribution is 7.15. The van der Waals surface area contributed by atoms with E-state index in [1.54, 1.807) is 7.11 Å². The second kappa shape index (κ2) is 6.23. The van der Waals surface area contributed by atoms with Crippen LogP contribution in [0, 0.1) is 0 Å². The molecule has 0 aliphatic rings. The van der Waals surface area contributed by atoms with Gasteiger partial charge in [0.15, 0.2) is 0 Å². The number of amides is 1. The molecule has 2 rings (SSSR count). The number of nitrogens with one attached hydrogen (secondary N) is 1. The number of aromatic nitrogens is 2. The predicted molar refractivity (Wildman–Crippen MR) is 69.4 cm³/mol. The molecule has 0 aliphatic carbocycles. The van der Waals surface area contributed by atoms with E-state index in [-0.39, 0.29) is 5.91 Å². The summed E-state index contributed by atoms with van der Waals surface area (Å²) in [7, 11) is 1.59. The summed E-state index contributed by atoms with van der Waals surface area (Å²) < 4.78 is 4.94. The zero-order valence-electron chi connectivity index (χ0n) is 9.92. The van der Waals surface area contributed by atoms with Gasteiger partial charge in [0.05, 0.1) is 6.42 Å². The van der Waals surface area contributed by atoms with Crippen LogP contribution in [0.3, 0.4) is 0 Å². The van der Waals surface area contributed by atoms with Crippen molar-refractivity contribution in [3.63, 3.8) is 0 Å². The van der Waals surface area contributed by atoms with E-state index in [0.717, 1.165) is 10.6 Å². The lowest BCUT2D eigenvalue weighted by atomic mass is 10.1. The summed E-state index contributed by atoms with van der Waals surface area (Å²) in [5.41, 5.74) is 0.969. The number of anilines is 1. The van der Waals surface area contributed by atoms with Gasteiger partial charge in [-0.25, -0.2) is 0 Å². The quantitative estimate of drug-likeness (QED) is 0.894. The summed E-state index contributed by atoms with van der Waals surface area (Å²) in [5, 5.41) is 11.7. The van der Waals surface area contributed by atoms with Crippen LogP contribution in [0.15, 0.2) is 30.3 Å². The molecular weight excluding hydrogens is 250 g/mol. The van der Waals surface area contributed by atoms with Crippen LogP contribution in [0.5, 0.6) is 0 Å². The van der Waals surface area contributed by atoms with Gasteiger partial charge in [-0.2, -0.15) is 0 Å². The number of methoxy groups -OCH3 is 1. The molecule has 18 heavy (non-hydrogen) atoms. The van der Waals surface area contributed by atoms with E-state index in [1.165, 1.54) is 11.3 Å². The third-order valence-electron chi connectivity index (χ3n) is 2.19. The van der Waals surface area contributed by atoms with E-state index in [1.807, 2.05) is 30.3 Å². The maximum atomic E-state index is 11.7. The molecule has 0 saturated carbocycles. The number of rotatable bonds is 5. The normalized spacial score (nSPS) is 10.3. The lowest BCUT2D eigenvalue weighted by molar-refractivity contribution is -0.115. The molecule has 94 valence electrons. The minimum Gasteiger partial charge on any atom is -0.377 e. The van der Waals surface area contributed by atoms with Crippen molar-refractivity contribution in [3.8, 4) is 0 Å². The molecule has 0 spiro atoms. The third-order valence-corrected chi connectivity index (χ3v) is 3.00. The molecule has 0 unspecified atom stereocenters. The predicted octanol–water partition coefficient (Wildman–Crippen LogP) is 1.87. The summed E-state index contributed by atoms with van der Waals surface area (Å²) in [6.45, 7) is 0.409. The lowest BCUT2D eigenvalue weighted by Crippen LogP contribution is -2.14. The van der Waals surface area contributed by atoms with Crippen molar-refractivity contribution in [1.29, 1.82) is 0 Å². The van der Waals surface area contributed by atoms with Crippen LogP contribution in [0.1, 0.15) is 10.6 Å². The Morgan fingerprint density at radius 3 is 2.83 bits per heavy atom. The molecule has 0 radical (unpaired) electrons. The monoisotopic (exact) mass is 263 g/mol. The van der Waals surface area contributed by atoms with Crippen molar-refractivity contribution in [3.05, 3.63) is 40.9 Å². The Balaban J connectivity index is 1.90. The topological polar surface area (TPSA) is 64.1 Å². The minimum atomic E-state index is -0.0960. The molecular formula is C12H13N3O2S. The van der Waals surface area contributed by atoms with Crippen LogP contribution in [0.4, 0.5) is 5.13 Å². The smallest absolute Gasteiger partial charge is 0.230 e. The lowest BCUT2D eigenvalue weighted by Gasteiger charge is -2.00. The Bertz CT molecular complexity index is 513. The van der Waals surface area contributed by atoms with Gasteiger partial charge in [0, 0.05) is 7.11 Å². The van der Waals surface area contributed by atoms with Gasteiger partial charge in [-0.15, -0.1) is 10.2 Å². The molecule has 2 aromatic rings. The van der Waals surface area contributed by atoms with Gasteiger partial charge < -0.3 is 10.1 Å². The maximum absolute atomic E-state index is 11.7. The van der Waals surface area contributed by atoms with Gasteiger partial charge in [0.2, 0.25) is 11.0 Å². The number of carbonyl (C=O) groups is 1. The average molecular weight is 263 g/mol. The number of carbonyl (C=O) groups excluding carboxylic acids is 1. The van der Waals surface area contributed by atoms with Gasteiger partial charge in [-0.3, -0.25) is 4.79 Å². The maximum Gasteiger partial charge on any atom is 0.230 e. The van der Waals surface area contributed by atoms with Crippen molar-refractivity contribution in [2.45, 2.75) is 13.0 Å². The van der Waals surface area contributed by atoms with Gasteiger partial charge in [0.25, 0.3) is 0 Å². The van der Waals surface area contributed by atoms with Gasteiger partial charge >= 0.3 is 0 Å². The zero-order valence-corrected chi connectivity index (χ0v) is 10.7. The summed E-state index contributed by atoms with van der Waals surface area (Å²) in [4.78, 5) is 11.7. The second-order valence-electron chi connectivity index (χ2n) is 3.64. The third kappa shape index (κ3) is 3.61. The van der Waals surface area contributed by atoms with Crippen molar-refractivity contribution in [2.24, 2.45) is 0 Å². The van der Waals surface area contributed by atoms with Crippen molar-refractivity contribution >= 4 is 22.4 Å². The van der Waals surface area contributed by atoms with Crippen molar-refractivity contribution in [2.75, 3.05) is 12.4 Å². The first-order valence-electron chi connectivity index (χ1n) is 5.43.